The van der Waals surface area contributed by atoms with Crippen LogP contribution in [-0.2, 0) is 6.42 Å². The first-order valence-electron chi connectivity index (χ1n) is 5.54. The Morgan fingerprint density at radius 3 is 2.25 bits per heavy atom. The number of benzene rings is 1. The molecule has 1 atom stereocenters. The summed E-state index contributed by atoms with van der Waals surface area (Å²) in [6.07, 6.45) is 0.877. The van der Waals surface area contributed by atoms with Gasteiger partial charge in [0, 0.05) is 6.54 Å². The lowest BCUT2D eigenvalue weighted by Crippen LogP contribution is -2.39. The van der Waals surface area contributed by atoms with Crippen LogP contribution in [0, 0.1) is 11.2 Å². The zero-order chi connectivity index (χ0) is 12.2. The first-order valence-corrected chi connectivity index (χ1v) is 5.54. The monoisotopic (exact) mass is 224 g/mol. The van der Waals surface area contributed by atoms with Crippen LogP contribution in [0.3, 0.4) is 0 Å². The Balaban J connectivity index is 2.72. The van der Waals surface area contributed by atoms with E-state index in [1.807, 2.05) is 26.2 Å². The fraction of sp³-hybridized carbons (Fsp3) is 0.538. The minimum atomic E-state index is -0.189. The standard InChI is InChI=1S/C13H21FN2/c1-13(9-15,10-16(2)3)8-11-4-6-12(14)7-5-11/h4-7H,8-10,15H2,1-3H3. The van der Waals surface area contributed by atoms with Crippen LogP contribution in [0.25, 0.3) is 0 Å². The second-order valence-corrected chi connectivity index (χ2v) is 5.06. The van der Waals surface area contributed by atoms with Crippen LogP contribution in [0.4, 0.5) is 4.39 Å². The SMILES string of the molecule is CN(C)CC(C)(CN)Cc1ccc(F)cc1. The van der Waals surface area contributed by atoms with Gasteiger partial charge in [0.1, 0.15) is 5.82 Å². The molecular formula is C13H21FN2. The van der Waals surface area contributed by atoms with Gasteiger partial charge in [-0.15, -0.1) is 0 Å². The number of nitrogens with zero attached hydrogens (tertiary/aromatic N) is 1. The van der Waals surface area contributed by atoms with Crippen LogP contribution < -0.4 is 5.73 Å². The third-order valence-corrected chi connectivity index (χ3v) is 2.73. The molecule has 0 saturated carbocycles. The van der Waals surface area contributed by atoms with Crippen LogP contribution in [0.1, 0.15) is 12.5 Å². The lowest BCUT2D eigenvalue weighted by Gasteiger charge is -2.31. The Kier molecular flexibility index (Phi) is 4.44. The van der Waals surface area contributed by atoms with Crippen LogP contribution in [0.5, 0.6) is 0 Å². The minimum absolute atomic E-state index is 0.0430. The van der Waals surface area contributed by atoms with E-state index in [-0.39, 0.29) is 11.2 Å². The van der Waals surface area contributed by atoms with Crippen molar-refractivity contribution in [3.8, 4) is 0 Å². The Labute approximate surface area is 97.3 Å². The summed E-state index contributed by atoms with van der Waals surface area (Å²) in [5.41, 5.74) is 7.01. The predicted octanol–water partition coefficient (Wildman–Crippen LogP) is 1.89. The third-order valence-electron chi connectivity index (χ3n) is 2.73. The molecule has 3 heteroatoms. The van der Waals surface area contributed by atoms with E-state index in [2.05, 4.69) is 11.8 Å². The van der Waals surface area contributed by atoms with Gasteiger partial charge in [-0.25, -0.2) is 4.39 Å². The first-order chi connectivity index (χ1) is 7.45. The molecule has 1 unspecified atom stereocenters. The average Bonchev–Trinajstić information content (AvgIpc) is 2.20. The van der Waals surface area contributed by atoms with Gasteiger partial charge in [0.15, 0.2) is 0 Å². The molecule has 90 valence electrons. The topological polar surface area (TPSA) is 29.3 Å². The highest BCUT2D eigenvalue weighted by molar-refractivity contribution is 5.17. The molecular weight excluding hydrogens is 203 g/mol. The Bertz CT molecular complexity index is 321. The average molecular weight is 224 g/mol. The maximum absolute atomic E-state index is 12.8. The van der Waals surface area contributed by atoms with E-state index in [4.69, 9.17) is 5.73 Å². The number of hydrogen-bond acceptors (Lipinski definition) is 2. The molecule has 0 heterocycles. The minimum Gasteiger partial charge on any atom is -0.330 e. The predicted molar refractivity (Wildman–Crippen MR) is 65.8 cm³/mol. The molecule has 0 saturated heterocycles. The molecule has 0 bridgehead atoms. The van der Waals surface area contributed by atoms with E-state index in [9.17, 15) is 4.39 Å². The second-order valence-electron chi connectivity index (χ2n) is 5.06. The van der Waals surface area contributed by atoms with Gasteiger partial charge < -0.3 is 10.6 Å². The molecule has 16 heavy (non-hydrogen) atoms. The molecule has 0 aromatic heterocycles. The van der Waals surface area contributed by atoms with Crippen molar-refractivity contribution in [3.05, 3.63) is 35.6 Å². The molecule has 2 N–H and O–H groups in total. The van der Waals surface area contributed by atoms with Gasteiger partial charge >= 0.3 is 0 Å². The van der Waals surface area contributed by atoms with E-state index in [1.54, 1.807) is 0 Å². The normalized spacial score (nSPS) is 15.1. The van der Waals surface area contributed by atoms with Crippen molar-refractivity contribution >= 4 is 0 Å². The molecule has 1 aromatic carbocycles. The maximum atomic E-state index is 12.8. The molecule has 1 rings (SSSR count). The fourth-order valence-electron chi connectivity index (χ4n) is 2.05. The highest BCUT2D eigenvalue weighted by Gasteiger charge is 2.23. The van der Waals surface area contributed by atoms with Crippen molar-refractivity contribution in [2.45, 2.75) is 13.3 Å². The molecule has 0 aliphatic rings. The first kappa shape index (κ1) is 13.1. The number of rotatable bonds is 5. The molecule has 0 amide bonds. The number of halogens is 1. The summed E-state index contributed by atoms with van der Waals surface area (Å²) in [6, 6.07) is 6.67. The quantitative estimate of drug-likeness (QED) is 0.827. The lowest BCUT2D eigenvalue weighted by atomic mass is 9.83. The zero-order valence-corrected chi connectivity index (χ0v) is 10.3. The third kappa shape index (κ3) is 3.91. The van der Waals surface area contributed by atoms with Gasteiger partial charge in [0.25, 0.3) is 0 Å². The number of hydrogen-bond donors (Lipinski definition) is 1. The van der Waals surface area contributed by atoms with Crippen LogP contribution in [0.2, 0.25) is 0 Å². The van der Waals surface area contributed by atoms with Crippen molar-refractivity contribution < 1.29 is 4.39 Å². The molecule has 0 aliphatic carbocycles. The molecule has 2 nitrogen and oxygen atoms in total. The highest BCUT2D eigenvalue weighted by Crippen LogP contribution is 2.22. The van der Waals surface area contributed by atoms with Crippen molar-refractivity contribution in [1.82, 2.24) is 4.90 Å². The molecule has 0 radical (unpaired) electrons. The maximum Gasteiger partial charge on any atom is 0.123 e. The Hall–Kier alpha value is -0.930. The summed E-state index contributed by atoms with van der Waals surface area (Å²) in [5, 5.41) is 0. The van der Waals surface area contributed by atoms with E-state index >= 15 is 0 Å². The summed E-state index contributed by atoms with van der Waals surface area (Å²) in [4.78, 5) is 2.14. The summed E-state index contributed by atoms with van der Waals surface area (Å²) < 4.78 is 12.8. The van der Waals surface area contributed by atoms with E-state index in [0.717, 1.165) is 18.5 Å². The zero-order valence-electron chi connectivity index (χ0n) is 10.3. The van der Waals surface area contributed by atoms with Crippen LogP contribution in [0.15, 0.2) is 24.3 Å². The fourth-order valence-corrected chi connectivity index (χ4v) is 2.05. The van der Waals surface area contributed by atoms with Gasteiger partial charge in [-0.1, -0.05) is 19.1 Å². The number of nitrogens with two attached hydrogens (primary N) is 1. The van der Waals surface area contributed by atoms with Gasteiger partial charge in [-0.2, -0.15) is 0 Å². The Morgan fingerprint density at radius 2 is 1.81 bits per heavy atom. The second kappa shape index (κ2) is 5.41. The van der Waals surface area contributed by atoms with Crippen molar-refractivity contribution in [2.75, 3.05) is 27.2 Å². The summed E-state index contributed by atoms with van der Waals surface area (Å²) in [5.74, 6) is -0.189. The van der Waals surface area contributed by atoms with E-state index in [1.165, 1.54) is 12.1 Å². The van der Waals surface area contributed by atoms with E-state index < -0.39 is 0 Å². The summed E-state index contributed by atoms with van der Waals surface area (Å²) in [7, 11) is 4.08. The van der Waals surface area contributed by atoms with Gasteiger partial charge in [0.05, 0.1) is 0 Å². The Morgan fingerprint density at radius 1 is 1.25 bits per heavy atom. The molecule has 0 fully saturated rings. The van der Waals surface area contributed by atoms with Gasteiger partial charge in [-0.3, -0.25) is 0 Å². The van der Waals surface area contributed by atoms with Gasteiger partial charge in [0.2, 0.25) is 0 Å². The smallest absolute Gasteiger partial charge is 0.123 e. The summed E-state index contributed by atoms with van der Waals surface area (Å²) in [6.45, 7) is 3.72. The van der Waals surface area contributed by atoms with Crippen LogP contribution >= 0.6 is 0 Å². The molecule has 0 spiro atoms. The lowest BCUT2D eigenvalue weighted by molar-refractivity contribution is 0.224. The van der Waals surface area contributed by atoms with Crippen molar-refractivity contribution in [1.29, 1.82) is 0 Å². The molecule has 1 aromatic rings. The highest BCUT2D eigenvalue weighted by atomic mass is 19.1. The van der Waals surface area contributed by atoms with Crippen molar-refractivity contribution in [3.63, 3.8) is 0 Å². The van der Waals surface area contributed by atoms with Gasteiger partial charge in [-0.05, 0) is 50.2 Å². The van der Waals surface area contributed by atoms with E-state index in [0.29, 0.717) is 6.54 Å². The largest absolute Gasteiger partial charge is 0.330 e. The van der Waals surface area contributed by atoms with Crippen LogP contribution in [-0.4, -0.2) is 32.1 Å². The molecule has 0 aliphatic heterocycles. The summed E-state index contributed by atoms with van der Waals surface area (Å²) >= 11 is 0. The van der Waals surface area contributed by atoms with Crippen molar-refractivity contribution in [2.24, 2.45) is 11.1 Å².